The quantitative estimate of drug-likeness (QED) is 0.145. The third-order valence-corrected chi connectivity index (χ3v) is 3.61. The maximum Gasteiger partial charge on any atom is 0.322 e. The van der Waals surface area contributed by atoms with Crippen LogP contribution in [0.3, 0.4) is 0 Å². The molecule has 2 unspecified atom stereocenters. The lowest BCUT2D eigenvalue weighted by atomic mass is 9.93. The van der Waals surface area contributed by atoms with E-state index in [0.717, 1.165) is 0 Å². The van der Waals surface area contributed by atoms with Gasteiger partial charge in [0.2, 0.25) is 0 Å². The van der Waals surface area contributed by atoms with Gasteiger partial charge in [-0.1, -0.05) is 38.4 Å². The smallest absolute Gasteiger partial charge is 0.322 e. The highest BCUT2D eigenvalue weighted by atomic mass is 79.9. The normalized spacial score (nSPS) is 14.6. The first-order valence-electron chi connectivity index (χ1n) is 7.50. The van der Waals surface area contributed by atoms with Crippen molar-refractivity contribution in [3.8, 4) is 0 Å². The van der Waals surface area contributed by atoms with Crippen LogP contribution in [0.2, 0.25) is 0 Å². The zero-order valence-electron chi connectivity index (χ0n) is 14.8. The average molecular weight is 488 g/mol. The van der Waals surface area contributed by atoms with E-state index >= 15 is 0 Å². The van der Waals surface area contributed by atoms with Crippen molar-refractivity contribution in [1.82, 2.24) is 0 Å². The first kappa shape index (κ1) is 23.9. The summed E-state index contributed by atoms with van der Waals surface area (Å²) in [5.41, 5.74) is -1.35. The standard InChI is InChI=1S/C16H24Br2O7/c1-6-22-7-8-23-14(21)16(5,9-24-12(19)11(2)17)10-25-13(20)15(3,4)18/h6,11H,1,7-10H2,2-5H3. The van der Waals surface area contributed by atoms with Gasteiger partial charge in [0.1, 0.15) is 41.0 Å². The lowest BCUT2D eigenvalue weighted by Gasteiger charge is -2.28. The molecule has 0 amide bonds. The summed E-state index contributed by atoms with van der Waals surface area (Å²) in [4.78, 5) is 35.4. The van der Waals surface area contributed by atoms with Gasteiger partial charge >= 0.3 is 17.9 Å². The van der Waals surface area contributed by atoms with E-state index in [-0.39, 0.29) is 26.4 Å². The molecule has 0 aliphatic carbocycles. The Morgan fingerprint density at radius 1 is 1.04 bits per heavy atom. The highest BCUT2D eigenvalue weighted by molar-refractivity contribution is 9.10. The minimum absolute atomic E-state index is 0.0128. The molecule has 0 saturated carbocycles. The Kier molecular flexibility index (Phi) is 10.3. The summed E-state index contributed by atoms with van der Waals surface area (Å²) in [6.45, 7) is 9.22. The minimum Gasteiger partial charge on any atom is -0.498 e. The molecule has 0 bridgehead atoms. The predicted molar refractivity (Wildman–Crippen MR) is 98.5 cm³/mol. The second-order valence-corrected chi connectivity index (χ2v) is 9.36. The molecule has 0 saturated heterocycles. The number of carbonyl (C=O) groups is 3. The van der Waals surface area contributed by atoms with Crippen LogP contribution in [0.15, 0.2) is 12.8 Å². The lowest BCUT2D eigenvalue weighted by Crippen LogP contribution is -2.42. The molecule has 0 heterocycles. The van der Waals surface area contributed by atoms with Crippen LogP contribution < -0.4 is 0 Å². The molecule has 2 atom stereocenters. The molecule has 0 aromatic carbocycles. The highest BCUT2D eigenvalue weighted by Crippen LogP contribution is 2.24. The monoisotopic (exact) mass is 486 g/mol. The maximum absolute atomic E-state index is 12.4. The van der Waals surface area contributed by atoms with Crippen molar-refractivity contribution < 1.29 is 33.3 Å². The summed E-state index contributed by atoms with van der Waals surface area (Å²) >= 11 is 6.26. The number of ether oxygens (including phenoxy) is 4. The Balaban J connectivity index is 4.94. The van der Waals surface area contributed by atoms with Gasteiger partial charge in [0.05, 0.1) is 6.26 Å². The van der Waals surface area contributed by atoms with Crippen LogP contribution in [-0.4, -0.2) is 53.5 Å². The minimum atomic E-state index is -1.35. The van der Waals surface area contributed by atoms with Gasteiger partial charge in [-0.3, -0.25) is 14.4 Å². The molecule has 0 rings (SSSR count). The van der Waals surface area contributed by atoms with Crippen LogP contribution in [0, 0.1) is 5.41 Å². The Morgan fingerprint density at radius 2 is 1.60 bits per heavy atom. The molecule has 25 heavy (non-hydrogen) atoms. The molecule has 0 aliphatic rings. The van der Waals surface area contributed by atoms with Gasteiger partial charge in [0.15, 0.2) is 0 Å². The summed E-state index contributed by atoms with van der Waals surface area (Å²) in [6.07, 6.45) is 1.23. The van der Waals surface area contributed by atoms with Gasteiger partial charge in [0.25, 0.3) is 0 Å². The van der Waals surface area contributed by atoms with Gasteiger partial charge in [0, 0.05) is 0 Å². The second kappa shape index (κ2) is 10.8. The number of halogens is 2. The van der Waals surface area contributed by atoms with Crippen molar-refractivity contribution in [2.24, 2.45) is 5.41 Å². The van der Waals surface area contributed by atoms with Crippen LogP contribution in [-0.2, 0) is 33.3 Å². The van der Waals surface area contributed by atoms with Crippen LogP contribution in [0.25, 0.3) is 0 Å². The first-order valence-corrected chi connectivity index (χ1v) is 9.21. The zero-order chi connectivity index (χ0) is 19.7. The van der Waals surface area contributed by atoms with Gasteiger partial charge < -0.3 is 18.9 Å². The Labute approximate surface area is 164 Å². The molecule has 0 fully saturated rings. The molecule has 144 valence electrons. The molecular formula is C16H24Br2O7. The maximum atomic E-state index is 12.4. The average Bonchev–Trinajstić information content (AvgIpc) is 2.52. The highest BCUT2D eigenvalue weighted by Gasteiger charge is 2.40. The fraction of sp³-hybridized carbons (Fsp3) is 0.688. The van der Waals surface area contributed by atoms with Crippen molar-refractivity contribution in [1.29, 1.82) is 0 Å². The Bertz CT molecular complexity index is 485. The van der Waals surface area contributed by atoms with E-state index < -0.39 is 32.5 Å². The number of alkyl halides is 2. The third kappa shape index (κ3) is 9.25. The van der Waals surface area contributed by atoms with Gasteiger partial charge in [-0.2, -0.15) is 0 Å². The predicted octanol–water partition coefficient (Wildman–Crippen LogP) is 2.74. The lowest BCUT2D eigenvalue weighted by molar-refractivity contribution is -0.171. The van der Waals surface area contributed by atoms with Crippen LogP contribution in [0.4, 0.5) is 0 Å². The molecule has 0 spiro atoms. The molecule has 0 radical (unpaired) electrons. The molecule has 0 aromatic rings. The van der Waals surface area contributed by atoms with E-state index in [1.165, 1.54) is 13.2 Å². The van der Waals surface area contributed by atoms with E-state index in [2.05, 4.69) is 38.4 Å². The summed E-state index contributed by atoms with van der Waals surface area (Å²) in [7, 11) is 0. The van der Waals surface area contributed by atoms with E-state index in [1.54, 1.807) is 20.8 Å². The largest absolute Gasteiger partial charge is 0.498 e. The molecule has 7 nitrogen and oxygen atoms in total. The van der Waals surface area contributed by atoms with Gasteiger partial charge in [-0.25, -0.2) is 0 Å². The number of carbonyl (C=O) groups excluding carboxylic acids is 3. The molecular weight excluding hydrogens is 464 g/mol. The summed E-state index contributed by atoms with van der Waals surface area (Å²) in [6, 6.07) is 0. The second-order valence-electron chi connectivity index (χ2n) is 6.01. The van der Waals surface area contributed by atoms with Crippen LogP contribution >= 0.6 is 31.9 Å². The fourth-order valence-corrected chi connectivity index (χ4v) is 1.59. The third-order valence-electron chi connectivity index (χ3n) is 2.91. The van der Waals surface area contributed by atoms with E-state index in [4.69, 9.17) is 18.9 Å². The number of hydrogen-bond donors (Lipinski definition) is 0. The summed E-state index contributed by atoms with van der Waals surface area (Å²) < 4.78 is 19.3. The molecule has 0 aliphatic heterocycles. The van der Waals surface area contributed by atoms with Crippen molar-refractivity contribution in [2.75, 3.05) is 26.4 Å². The number of rotatable bonds is 11. The summed E-state index contributed by atoms with van der Waals surface area (Å²) in [5.74, 6) is -1.77. The number of esters is 3. The van der Waals surface area contributed by atoms with Crippen LogP contribution in [0.5, 0.6) is 0 Å². The summed E-state index contributed by atoms with van der Waals surface area (Å²) in [5, 5.41) is 0. The Morgan fingerprint density at radius 3 is 2.08 bits per heavy atom. The van der Waals surface area contributed by atoms with Crippen molar-refractivity contribution >= 4 is 49.8 Å². The number of hydrogen-bond acceptors (Lipinski definition) is 7. The van der Waals surface area contributed by atoms with Gasteiger partial charge in [-0.05, 0) is 27.7 Å². The van der Waals surface area contributed by atoms with E-state index in [9.17, 15) is 14.4 Å². The van der Waals surface area contributed by atoms with Crippen molar-refractivity contribution in [3.05, 3.63) is 12.8 Å². The van der Waals surface area contributed by atoms with Crippen LogP contribution in [0.1, 0.15) is 27.7 Å². The van der Waals surface area contributed by atoms with E-state index in [1.807, 2.05) is 0 Å². The molecule has 0 N–H and O–H groups in total. The topological polar surface area (TPSA) is 88.1 Å². The van der Waals surface area contributed by atoms with Gasteiger partial charge in [-0.15, -0.1) is 0 Å². The molecule has 9 heteroatoms. The fourth-order valence-electron chi connectivity index (χ4n) is 1.34. The van der Waals surface area contributed by atoms with E-state index in [0.29, 0.717) is 0 Å². The van der Waals surface area contributed by atoms with Crippen molar-refractivity contribution in [3.63, 3.8) is 0 Å². The zero-order valence-corrected chi connectivity index (χ0v) is 18.0. The Hall–Kier alpha value is -1.09. The SMILES string of the molecule is C=COCCOC(=O)C(C)(COC(=O)C(C)Br)COC(=O)C(C)(C)Br. The first-order chi connectivity index (χ1) is 11.4. The van der Waals surface area contributed by atoms with Crippen molar-refractivity contribution in [2.45, 2.75) is 36.8 Å². The molecule has 0 aromatic heterocycles.